The van der Waals surface area contributed by atoms with Crippen molar-refractivity contribution < 1.29 is 9.47 Å². The Morgan fingerprint density at radius 2 is 2.50 bits per heavy atom. The minimum absolute atomic E-state index is 0.352. The van der Waals surface area contributed by atoms with E-state index in [9.17, 15) is 0 Å². The quantitative estimate of drug-likeness (QED) is 0.706. The molecule has 1 rings (SSSR count). The molecule has 2 atom stereocenters. The topological polar surface area (TPSA) is 30.5 Å². The molecule has 1 N–H and O–H groups in total. The summed E-state index contributed by atoms with van der Waals surface area (Å²) in [6.45, 7) is 3.94. The highest BCUT2D eigenvalue weighted by Crippen LogP contribution is 2.09. The molecule has 0 radical (unpaired) electrons. The lowest BCUT2D eigenvalue weighted by Crippen LogP contribution is -2.35. The lowest BCUT2D eigenvalue weighted by molar-refractivity contribution is 0.116. The molecule has 0 spiro atoms. The van der Waals surface area contributed by atoms with E-state index >= 15 is 0 Å². The molecular formula is C11H21NO2. The molecule has 2 unspecified atom stereocenters. The van der Waals surface area contributed by atoms with Crippen molar-refractivity contribution in [1.82, 2.24) is 5.32 Å². The van der Waals surface area contributed by atoms with E-state index in [-0.39, 0.29) is 0 Å². The van der Waals surface area contributed by atoms with Crippen molar-refractivity contribution in [2.24, 2.45) is 0 Å². The maximum absolute atomic E-state index is 5.46. The average molecular weight is 199 g/mol. The van der Waals surface area contributed by atoms with E-state index in [1.54, 1.807) is 7.11 Å². The summed E-state index contributed by atoms with van der Waals surface area (Å²) in [5, 5.41) is 3.45. The molecule has 0 amide bonds. The molecular weight excluding hydrogens is 178 g/mol. The Balaban J connectivity index is 2.04. The van der Waals surface area contributed by atoms with Gasteiger partial charge >= 0.3 is 0 Å². The van der Waals surface area contributed by atoms with Gasteiger partial charge in [0, 0.05) is 26.3 Å². The third kappa shape index (κ3) is 4.63. The highest BCUT2D eigenvalue weighted by Gasteiger charge is 2.11. The first kappa shape index (κ1) is 11.5. The number of hydrogen-bond acceptors (Lipinski definition) is 3. The van der Waals surface area contributed by atoms with Crippen LogP contribution in [-0.4, -0.2) is 32.4 Å². The van der Waals surface area contributed by atoms with Crippen LogP contribution < -0.4 is 5.32 Å². The summed E-state index contributed by atoms with van der Waals surface area (Å²) < 4.78 is 10.5. The number of methoxy groups -OCH3 is 1. The first-order valence-electron chi connectivity index (χ1n) is 5.35. The predicted octanol–water partition coefficient (Wildman–Crippen LogP) is 1.69. The SMILES string of the molecule is COCCC(C)NCC1CCC=CO1. The zero-order valence-electron chi connectivity index (χ0n) is 9.16. The van der Waals surface area contributed by atoms with Crippen molar-refractivity contribution in [1.29, 1.82) is 0 Å². The van der Waals surface area contributed by atoms with E-state index in [1.165, 1.54) is 0 Å². The number of hydrogen-bond donors (Lipinski definition) is 1. The third-order valence-corrected chi connectivity index (χ3v) is 2.47. The summed E-state index contributed by atoms with van der Waals surface area (Å²) in [5.41, 5.74) is 0. The molecule has 3 nitrogen and oxygen atoms in total. The van der Waals surface area contributed by atoms with Crippen LogP contribution in [0, 0.1) is 0 Å². The maximum atomic E-state index is 5.46. The van der Waals surface area contributed by atoms with Gasteiger partial charge in [0.05, 0.1) is 6.26 Å². The van der Waals surface area contributed by atoms with E-state index in [4.69, 9.17) is 9.47 Å². The molecule has 1 aliphatic heterocycles. The summed E-state index contributed by atoms with van der Waals surface area (Å²) >= 11 is 0. The zero-order valence-corrected chi connectivity index (χ0v) is 9.16. The van der Waals surface area contributed by atoms with Crippen molar-refractivity contribution in [3.8, 4) is 0 Å². The smallest absolute Gasteiger partial charge is 0.110 e. The molecule has 0 saturated heterocycles. The highest BCUT2D eigenvalue weighted by molar-refractivity contribution is 4.83. The Hall–Kier alpha value is -0.540. The number of rotatable bonds is 6. The van der Waals surface area contributed by atoms with Crippen molar-refractivity contribution in [3.63, 3.8) is 0 Å². The molecule has 82 valence electrons. The Bertz CT molecular complexity index is 171. The summed E-state index contributed by atoms with van der Waals surface area (Å²) in [6.07, 6.45) is 7.56. The second-order valence-corrected chi connectivity index (χ2v) is 3.80. The van der Waals surface area contributed by atoms with Crippen LogP contribution in [0.25, 0.3) is 0 Å². The molecule has 0 aromatic heterocycles. The standard InChI is InChI=1S/C11H21NO2/c1-10(6-8-13-2)12-9-11-5-3-4-7-14-11/h4,7,10-12H,3,5-6,8-9H2,1-2H3. The zero-order chi connectivity index (χ0) is 10.2. The highest BCUT2D eigenvalue weighted by atomic mass is 16.5. The molecule has 1 aliphatic rings. The number of nitrogens with one attached hydrogen (secondary N) is 1. The Kier molecular flexibility index (Phi) is 5.64. The molecule has 0 aromatic rings. The molecule has 14 heavy (non-hydrogen) atoms. The van der Waals surface area contributed by atoms with Crippen LogP contribution in [0.3, 0.4) is 0 Å². The van der Waals surface area contributed by atoms with Gasteiger partial charge in [-0.25, -0.2) is 0 Å². The van der Waals surface area contributed by atoms with Gasteiger partial charge in [0.2, 0.25) is 0 Å². The first-order valence-corrected chi connectivity index (χ1v) is 5.35. The minimum atomic E-state index is 0.352. The second kappa shape index (κ2) is 6.85. The Morgan fingerprint density at radius 3 is 3.14 bits per heavy atom. The van der Waals surface area contributed by atoms with Crippen LogP contribution in [0.4, 0.5) is 0 Å². The fourth-order valence-electron chi connectivity index (χ4n) is 1.46. The lowest BCUT2D eigenvalue weighted by Gasteiger charge is -2.22. The van der Waals surface area contributed by atoms with Gasteiger partial charge in [-0.05, 0) is 32.3 Å². The van der Waals surface area contributed by atoms with Crippen LogP contribution in [0.2, 0.25) is 0 Å². The van der Waals surface area contributed by atoms with Gasteiger partial charge < -0.3 is 14.8 Å². The van der Waals surface area contributed by atoms with Gasteiger partial charge in [0.1, 0.15) is 6.10 Å². The monoisotopic (exact) mass is 199 g/mol. The largest absolute Gasteiger partial charge is 0.497 e. The van der Waals surface area contributed by atoms with Gasteiger partial charge in [0.25, 0.3) is 0 Å². The number of allylic oxidation sites excluding steroid dienone is 1. The summed E-state index contributed by atoms with van der Waals surface area (Å²) in [6, 6.07) is 0.504. The van der Waals surface area contributed by atoms with Crippen molar-refractivity contribution in [2.75, 3.05) is 20.3 Å². The summed E-state index contributed by atoms with van der Waals surface area (Å²) in [7, 11) is 1.74. The second-order valence-electron chi connectivity index (χ2n) is 3.80. The van der Waals surface area contributed by atoms with Crippen LogP contribution in [0.5, 0.6) is 0 Å². The average Bonchev–Trinajstić information content (AvgIpc) is 2.25. The minimum Gasteiger partial charge on any atom is -0.497 e. The maximum Gasteiger partial charge on any atom is 0.110 e. The van der Waals surface area contributed by atoms with Gasteiger partial charge in [-0.1, -0.05) is 0 Å². The predicted molar refractivity (Wildman–Crippen MR) is 57.2 cm³/mol. The molecule has 0 aliphatic carbocycles. The van der Waals surface area contributed by atoms with Crippen LogP contribution in [0.15, 0.2) is 12.3 Å². The van der Waals surface area contributed by atoms with Crippen LogP contribution >= 0.6 is 0 Å². The Morgan fingerprint density at radius 1 is 1.64 bits per heavy atom. The fraction of sp³-hybridized carbons (Fsp3) is 0.818. The van der Waals surface area contributed by atoms with E-state index in [0.29, 0.717) is 12.1 Å². The summed E-state index contributed by atoms with van der Waals surface area (Å²) in [4.78, 5) is 0. The van der Waals surface area contributed by atoms with Crippen LogP contribution in [-0.2, 0) is 9.47 Å². The third-order valence-electron chi connectivity index (χ3n) is 2.47. The van der Waals surface area contributed by atoms with Crippen LogP contribution in [0.1, 0.15) is 26.2 Å². The van der Waals surface area contributed by atoms with Gasteiger partial charge in [-0.15, -0.1) is 0 Å². The van der Waals surface area contributed by atoms with Crippen molar-refractivity contribution in [2.45, 2.75) is 38.3 Å². The fourth-order valence-corrected chi connectivity index (χ4v) is 1.46. The first-order chi connectivity index (χ1) is 6.83. The van der Waals surface area contributed by atoms with Crippen molar-refractivity contribution >= 4 is 0 Å². The van der Waals surface area contributed by atoms with Gasteiger partial charge in [0.15, 0.2) is 0 Å². The van der Waals surface area contributed by atoms with Gasteiger partial charge in [-0.2, -0.15) is 0 Å². The molecule has 1 heterocycles. The molecule has 0 fully saturated rings. The Labute approximate surface area is 86.5 Å². The van der Waals surface area contributed by atoms with Gasteiger partial charge in [-0.3, -0.25) is 0 Å². The molecule has 0 bridgehead atoms. The molecule has 0 aromatic carbocycles. The van der Waals surface area contributed by atoms with E-state index in [0.717, 1.165) is 32.4 Å². The van der Waals surface area contributed by atoms with E-state index in [1.807, 2.05) is 6.26 Å². The normalized spacial score (nSPS) is 23.1. The van der Waals surface area contributed by atoms with E-state index < -0.39 is 0 Å². The lowest BCUT2D eigenvalue weighted by atomic mass is 10.1. The van der Waals surface area contributed by atoms with E-state index in [2.05, 4.69) is 18.3 Å². The molecule has 3 heteroatoms. The number of ether oxygens (including phenoxy) is 2. The summed E-state index contributed by atoms with van der Waals surface area (Å²) in [5.74, 6) is 0. The molecule has 0 saturated carbocycles. The van der Waals surface area contributed by atoms with Crippen molar-refractivity contribution in [3.05, 3.63) is 12.3 Å².